The Morgan fingerprint density at radius 3 is 2.80 bits per heavy atom. The fourth-order valence-electron chi connectivity index (χ4n) is 2.07. The number of amides is 1. The molecule has 2 aromatic heterocycles. The van der Waals surface area contributed by atoms with E-state index < -0.39 is 0 Å². The van der Waals surface area contributed by atoms with Gasteiger partial charge in [-0.15, -0.1) is 0 Å². The van der Waals surface area contributed by atoms with Crippen LogP contribution >= 0.6 is 0 Å². The lowest BCUT2D eigenvalue weighted by Gasteiger charge is -2.24. The van der Waals surface area contributed by atoms with Crippen molar-refractivity contribution in [2.75, 3.05) is 18.5 Å². The van der Waals surface area contributed by atoms with Crippen LogP contribution in [0.5, 0.6) is 0 Å². The van der Waals surface area contributed by atoms with Gasteiger partial charge in [-0.3, -0.25) is 4.79 Å². The number of likely N-dealkylation sites (N-methyl/N-ethyl adjacent to an activating group) is 1. The van der Waals surface area contributed by atoms with Crippen LogP contribution in [0.15, 0.2) is 18.5 Å². The van der Waals surface area contributed by atoms with Crippen LogP contribution in [0.2, 0.25) is 0 Å². The molecule has 0 atom stereocenters. The average molecular weight is 275 g/mol. The number of carbonyl (C=O) groups is 1. The Balaban J connectivity index is 2.19. The average Bonchev–Trinajstić information content (AvgIpc) is 2.65. The highest BCUT2D eigenvalue weighted by molar-refractivity contribution is 5.83. The van der Waals surface area contributed by atoms with Crippen molar-refractivity contribution in [1.82, 2.24) is 19.9 Å². The largest absolute Gasteiger partial charge is 0.350 e. The number of hydrogen-bond donors (Lipinski definition) is 1. The molecule has 0 spiro atoms. The van der Waals surface area contributed by atoms with Gasteiger partial charge < -0.3 is 10.2 Å². The summed E-state index contributed by atoms with van der Waals surface area (Å²) in [6, 6.07) is 1.96. The van der Waals surface area contributed by atoms with Gasteiger partial charge in [-0.05, 0) is 33.8 Å². The summed E-state index contributed by atoms with van der Waals surface area (Å²) in [6.45, 7) is 8.08. The number of carbonyl (C=O) groups excluding carboxylic acids is 1. The van der Waals surface area contributed by atoms with Crippen molar-refractivity contribution in [3.63, 3.8) is 0 Å². The molecule has 2 aromatic rings. The van der Waals surface area contributed by atoms with E-state index in [1.54, 1.807) is 16.9 Å². The maximum Gasteiger partial charge on any atom is 0.239 e. The summed E-state index contributed by atoms with van der Waals surface area (Å²) in [5.74, 6) is 0.720. The van der Waals surface area contributed by atoms with Gasteiger partial charge in [0.2, 0.25) is 5.91 Å². The van der Waals surface area contributed by atoms with Gasteiger partial charge in [0, 0.05) is 25.0 Å². The van der Waals surface area contributed by atoms with Crippen LogP contribution in [0.3, 0.4) is 0 Å². The molecule has 2 rings (SSSR count). The van der Waals surface area contributed by atoms with E-state index in [0.29, 0.717) is 0 Å². The van der Waals surface area contributed by atoms with E-state index in [4.69, 9.17) is 0 Å². The van der Waals surface area contributed by atoms with Crippen molar-refractivity contribution in [1.29, 1.82) is 0 Å². The summed E-state index contributed by atoms with van der Waals surface area (Å²) in [5.41, 5.74) is 1.59. The fraction of sp³-hybridized carbons (Fsp3) is 0.500. The monoisotopic (exact) mass is 275 g/mol. The Morgan fingerprint density at radius 2 is 2.15 bits per heavy atom. The topological polar surface area (TPSA) is 62.5 Å². The van der Waals surface area contributed by atoms with Gasteiger partial charge in [0.05, 0.1) is 12.2 Å². The molecule has 0 saturated carbocycles. The number of anilines is 1. The second-order valence-corrected chi connectivity index (χ2v) is 6.02. The standard InChI is InChI=1S/C14H21N5O/c1-10-8-11-13(15-6-7-19(11)17-10)18(5)9-12(20)16-14(2,3)4/h6-8H,9H2,1-5H3,(H,16,20). The molecule has 0 aliphatic carbocycles. The molecule has 2 heterocycles. The Hall–Kier alpha value is -2.11. The normalized spacial score (nSPS) is 11.7. The maximum atomic E-state index is 12.0. The van der Waals surface area contributed by atoms with Gasteiger partial charge in [-0.1, -0.05) is 0 Å². The molecule has 0 aliphatic heterocycles. The van der Waals surface area contributed by atoms with Crippen LogP contribution < -0.4 is 10.2 Å². The molecule has 0 aliphatic rings. The molecular weight excluding hydrogens is 254 g/mol. The summed E-state index contributed by atoms with van der Waals surface area (Å²) in [5, 5.41) is 7.29. The third-order valence-electron chi connectivity index (χ3n) is 2.75. The summed E-state index contributed by atoms with van der Waals surface area (Å²) in [6.07, 6.45) is 3.49. The van der Waals surface area contributed by atoms with Crippen molar-refractivity contribution in [2.24, 2.45) is 0 Å². The predicted molar refractivity (Wildman–Crippen MR) is 78.9 cm³/mol. The van der Waals surface area contributed by atoms with Crippen LogP contribution in [0.4, 0.5) is 5.82 Å². The minimum atomic E-state index is -0.232. The van der Waals surface area contributed by atoms with Gasteiger partial charge in [0.25, 0.3) is 0 Å². The summed E-state index contributed by atoms with van der Waals surface area (Å²) < 4.78 is 1.77. The van der Waals surface area contributed by atoms with Crippen molar-refractivity contribution in [2.45, 2.75) is 33.2 Å². The lowest BCUT2D eigenvalue weighted by atomic mass is 10.1. The highest BCUT2D eigenvalue weighted by Crippen LogP contribution is 2.17. The zero-order valence-electron chi connectivity index (χ0n) is 12.6. The Morgan fingerprint density at radius 1 is 1.45 bits per heavy atom. The lowest BCUT2D eigenvalue weighted by molar-refractivity contribution is -0.121. The first-order chi connectivity index (χ1) is 9.26. The minimum Gasteiger partial charge on any atom is -0.350 e. The Bertz CT molecular complexity index is 626. The first-order valence-corrected chi connectivity index (χ1v) is 6.59. The van der Waals surface area contributed by atoms with Crippen LogP contribution in [-0.4, -0.2) is 39.6 Å². The molecule has 20 heavy (non-hydrogen) atoms. The van der Waals surface area contributed by atoms with Gasteiger partial charge in [0.15, 0.2) is 5.82 Å². The van der Waals surface area contributed by atoms with E-state index in [-0.39, 0.29) is 18.0 Å². The van der Waals surface area contributed by atoms with E-state index in [2.05, 4.69) is 15.4 Å². The third-order valence-corrected chi connectivity index (χ3v) is 2.75. The van der Waals surface area contributed by atoms with E-state index in [9.17, 15) is 4.79 Å². The van der Waals surface area contributed by atoms with Crippen LogP contribution in [0.25, 0.3) is 5.52 Å². The highest BCUT2D eigenvalue weighted by Gasteiger charge is 2.17. The summed E-state index contributed by atoms with van der Waals surface area (Å²) in [4.78, 5) is 18.2. The third kappa shape index (κ3) is 3.26. The van der Waals surface area contributed by atoms with Gasteiger partial charge in [-0.2, -0.15) is 5.10 Å². The van der Waals surface area contributed by atoms with Crippen LogP contribution in [0, 0.1) is 6.92 Å². The number of hydrogen-bond acceptors (Lipinski definition) is 4. The predicted octanol–water partition coefficient (Wildman–Crippen LogP) is 1.39. The van der Waals surface area contributed by atoms with Crippen molar-refractivity contribution in [3.8, 4) is 0 Å². The number of nitrogens with one attached hydrogen (secondary N) is 1. The maximum absolute atomic E-state index is 12.0. The molecule has 0 saturated heterocycles. The van der Waals surface area contributed by atoms with E-state index in [1.165, 1.54) is 0 Å². The molecule has 0 aromatic carbocycles. The molecule has 1 N–H and O–H groups in total. The molecule has 0 bridgehead atoms. The number of aryl methyl sites for hydroxylation is 1. The molecule has 0 radical (unpaired) electrons. The molecular formula is C14H21N5O. The highest BCUT2D eigenvalue weighted by atomic mass is 16.2. The second-order valence-electron chi connectivity index (χ2n) is 6.02. The first kappa shape index (κ1) is 14.3. The molecule has 1 amide bonds. The first-order valence-electron chi connectivity index (χ1n) is 6.59. The lowest BCUT2D eigenvalue weighted by Crippen LogP contribution is -2.45. The molecule has 6 nitrogen and oxygen atoms in total. The number of nitrogens with zero attached hydrogens (tertiary/aromatic N) is 4. The van der Waals surface area contributed by atoms with E-state index >= 15 is 0 Å². The fourth-order valence-corrected chi connectivity index (χ4v) is 2.07. The number of rotatable bonds is 3. The number of aromatic nitrogens is 3. The van der Waals surface area contributed by atoms with Crippen molar-refractivity contribution >= 4 is 17.2 Å². The number of fused-ring (bicyclic) bond motifs is 1. The summed E-state index contributed by atoms with van der Waals surface area (Å²) in [7, 11) is 1.85. The van der Waals surface area contributed by atoms with Crippen LogP contribution in [0.1, 0.15) is 26.5 Å². The summed E-state index contributed by atoms with van der Waals surface area (Å²) >= 11 is 0. The smallest absolute Gasteiger partial charge is 0.239 e. The zero-order valence-corrected chi connectivity index (χ0v) is 12.6. The molecule has 0 fully saturated rings. The van der Waals surface area contributed by atoms with Gasteiger partial charge in [-0.25, -0.2) is 9.50 Å². The Labute approximate surface area is 118 Å². The van der Waals surface area contributed by atoms with Crippen molar-refractivity contribution in [3.05, 3.63) is 24.2 Å². The van der Waals surface area contributed by atoms with Crippen molar-refractivity contribution < 1.29 is 4.79 Å². The van der Waals surface area contributed by atoms with E-state index in [0.717, 1.165) is 17.0 Å². The second kappa shape index (κ2) is 5.11. The molecule has 0 unspecified atom stereocenters. The Kier molecular flexibility index (Phi) is 3.65. The van der Waals surface area contributed by atoms with E-state index in [1.807, 2.05) is 45.7 Å². The minimum absolute atomic E-state index is 0.0277. The SMILES string of the molecule is Cc1cc2c(N(C)CC(=O)NC(C)(C)C)nccn2n1. The molecule has 6 heteroatoms. The van der Waals surface area contributed by atoms with Gasteiger partial charge in [0.1, 0.15) is 5.52 Å². The zero-order chi connectivity index (χ0) is 14.9. The van der Waals surface area contributed by atoms with Crippen LogP contribution in [-0.2, 0) is 4.79 Å². The quantitative estimate of drug-likeness (QED) is 0.919. The molecule has 108 valence electrons. The van der Waals surface area contributed by atoms with Gasteiger partial charge >= 0.3 is 0 Å².